The van der Waals surface area contributed by atoms with Crippen LogP contribution in [0.2, 0.25) is 0 Å². The van der Waals surface area contributed by atoms with Gasteiger partial charge < -0.3 is 10.6 Å². The van der Waals surface area contributed by atoms with E-state index < -0.39 is 11.6 Å². The lowest BCUT2D eigenvalue weighted by atomic mass is 9.87. The van der Waals surface area contributed by atoms with Crippen LogP contribution in [0.25, 0.3) is 0 Å². The molecule has 1 aliphatic rings. The maximum absolute atomic E-state index is 13.8. The summed E-state index contributed by atoms with van der Waals surface area (Å²) in [7, 11) is 0. The molecule has 0 saturated heterocycles. The maximum Gasteiger partial charge on any atom is 0.183 e. The lowest BCUT2D eigenvalue weighted by Crippen LogP contribution is -2.26. The highest BCUT2D eigenvalue weighted by Crippen LogP contribution is 2.33. The number of hydrogen-bond donors (Lipinski definition) is 2. The summed E-state index contributed by atoms with van der Waals surface area (Å²) in [4.78, 5) is 0. The number of nitrogens with one attached hydrogen (secondary N) is 2. The predicted molar refractivity (Wildman–Crippen MR) is 70.9 cm³/mol. The summed E-state index contributed by atoms with van der Waals surface area (Å²) in [6.07, 6.45) is 1.82. The van der Waals surface area contributed by atoms with Gasteiger partial charge in [-0.15, -0.1) is 0 Å². The van der Waals surface area contributed by atoms with E-state index in [1.54, 1.807) is 6.07 Å². The highest BCUT2D eigenvalue weighted by atomic mass is 19.2. The monoisotopic (exact) mass is 254 g/mol. The Morgan fingerprint density at radius 1 is 1.28 bits per heavy atom. The second-order valence-electron chi connectivity index (χ2n) is 6.11. The van der Waals surface area contributed by atoms with Crippen LogP contribution < -0.4 is 10.6 Å². The first-order valence-electron chi connectivity index (χ1n) is 6.35. The molecule has 0 amide bonds. The molecular weight excluding hydrogens is 234 g/mol. The summed E-state index contributed by atoms with van der Waals surface area (Å²) < 4.78 is 27.1. The predicted octanol–water partition coefficient (Wildman–Crippen LogP) is 4.00. The number of hydrogen-bond acceptors (Lipinski definition) is 2. The van der Waals surface area contributed by atoms with Gasteiger partial charge in [0.05, 0.1) is 11.4 Å². The average Bonchev–Trinajstić information content (AvgIpc) is 2.44. The SMILES string of the molecule is CC(C)(C)CC1CCNc2ccc(F)c(F)c2N1. The molecule has 18 heavy (non-hydrogen) atoms. The summed E-state index contributed by atoms with van der Waals surface area (Å²) in [6.45, 7) is 7.22. The van der Waals surface area contributed by atoms with Crippen LogP contribution in [0.1, 0.15) is 33.6 Å². The van der Waals surface area contributed by atoms with Gasteiger partial charge in [0.1, 0.15) is 0 Å². The molecule has 0 saturated carbocycles. The van der Waals surface area contributed by atoms with E-state index in [-0.39, 0.29) is 17.1 Å². The summed E-state index contributed by atoms with van der Waals surface area (Å²) >= 11 is 0. The summed E-state index contributed by atoms with van der Waals surface area (Å²) in [5.74, 6) is -1.60. The minimum absolute atomic E-state index is 0.159. The molecule has 1 aliphatic heterocycles. The van der Waals surface area contributed by atoms with Crippen LogP contribution in [-0.4, -0.2) is 12.6 Å². The molecule has 2 N–H and O–H groups in total. The fourth-order valence-corrected chi connectivity index (χ4v) is 2.39. The Morgan fingerprint density at radius 3 is 2.67 bits per heavy atom. The van der Waals surface area contributed by atoms with E-state index in [9.17, 15) is 8.78 Å². The summed E-state index contributed by atoms with van der Waals surface area (Å²) in [5.41, 5.74) is 1.07. The van der Waals surface area contributed by atoms with Crippen LogP contribution in [-0.2, 0) is 0 Å². The lowest BCUT2D eigenvalue weighted by Gasteiger charge is -2.26. The van der Waals surface area contributed by atoms with Gasteiger partial charge in [-0.05, 0) is 30.4 Å². The number of halogens is 2. The molecule has 1 aromatic carbocycles. The Labute approximate surface area is 107 Å². The van der Waals surface area contributed by atoms with Crippen molar-refractivity contribution in [2.45, 2.75) is 39.7 Å². The third-order valence-electron chi connectivity index (χ3n) is 3.11. The average molecular weight is 254 g/mol. The zero-order valence-corrected chi connectivity index (χ0v) is 11.1. The lowest BCUT2D eigenvalue weighted by molar-refractivity contribution is 0.344. The minimum Gasteiger partial charge on any atom is -0.383 e. The van der Waals surface area contributed by atoms with Crippen LogP contribution in [0.15, 0.2) is 12.1 Å². The Morgan fingerprint density at radius 2 is 2.00 bits per heavy atom. The third kappa shape index (κ3) is 2.92. The number of benzene rings is 1. The first-order chi connectivity index (χ1) is 8.37. The van der Waals surface area contributed by atoms with Crippen LogP contribution in [0.3, 0.4) is 0 Å². The Bertz CT molecular complexity index is 438. The standard InChI is InChI=1S/C14H20F2N2/c1-14(2,3)8-9-6-7-17-11-5-4-10(15)12(16)13(11)18-9/h4-5,9,17-18H,6-8H2,1-3H3. The maximum atomic E-state index is 13.8. The number of anilines is 2. The van der Waals surface area contributed by atoms with Crippen LogP contribution in [0.5, 0.6) is 0 Å². The highest BCUT2D eigenvalue weighted by molar-refractivity contribution is 5.70. The van der Waals surface area contributed by atoms with E-state index >= 15 is 0 Å². The second kappa shape index (κ2) is 4.75. The van der Waals surface area contributed by atoms with E-state index in [4.69, 9.17) is 0 Å². The Kier molecular flexibility index (Phi) is 3.46. The van der Waals surface area contributed by atoms with Gasteiger partial charge in [0.2, 0.25) is 0 Å². The van der Waals surface area contributed by atoms with Crippen molar-refractivity contribution in [3.8, 4) is 0 Å². The van der Waals surface area contributed by atoms with Gasteiger partial charge in [0.15, 0.2) is 11.6 Å². The first kappa shape index (κ1) is 13.1. The summed E-state index contributed by atoms with van der Waals surface area (Å²) in [5, 5.41) is 6.29. The number of fused-ring (bicyclic) bond motifs is 1. The zero-order chi connectivity index (χ0) is 13.3. The van der Waals surface area contributed by atoms with Crippen molar-refractivity contribution in [1.82, 2.24) is 0 Å². The molecule has 2 nitrogen and oxygen atoms in total. The fraction of sp³-hybridized carbons (Fsp3) is 0.571. The van der Waals surface area contributed by atoms with Crippen molar-refractivity contribution in [3.63, 3.8) is 0 Å². The highest BCUT2D eigenvalue weighted by Gasteiger charge is 2.24. The Hall–Kier alpha value is -1.32. The smallest absolute Gasteiger partial charge is 0.183 e. The van der Waals surface area contributed by atoms with Crippen molar-refractivity contribution in [2.24, 2.45) is 5.41 Å². The van der Waals surface area contributed by atoms with Gasteiger partial charge in [0, 0.05) is 12.6 Å². The van der Waals surface area contributed by atoms with Gasteiger partial charge in [0.25, 0.3) is 0 Å². The quantitative estimate of drug-likeness (QED) is 0.791. The third-order valence-corrected chi connectivity index (χ3v) is 3.11. The molecule has 2 rings (SSSR count). The molecule has 0 radical (unpaired) electrons. The van der Waals surface area contributed by atoms with E-state index in [0.29, 0.717) is 5.69 Å². The van der Waals surface area contributed by atoms with Crippen molar-refractivity contribution in [2.75, 3.05) is 17.2 Å². The molecule has 1 unspecified atom stereocenters. The van der Waals surface area contributed by atoms with Gasteiger partial charge in [-0.25, -0.2) is 8.78 Å². The van der Waals surface area contributed by atoms with Crippen molar-refractivity contribution in [1.29, 1.82) is 0 Å². The van der Waals surface area contributed by atoms with E-state index in [1.165, 1.54) is 0 Å². The topological polar surface area (TPSA) is 24.1 Å². The van der Waals surface area contributed by atoms with E-state index in [1.807, 2.05) is 0 Å². The molecule has 100 valence electrons. The van der Waals surface area contributed by atoms with Crippen molar-refractivity contribution >= 4 is 11.4 Å². The molecule has 0 aliphatic carbocycles. The molecule has 1 heterocycles. The first-order valence-corrected chi connectivity index (χ1v) is 6.35. The molecule has 0 bridgehead atoms. The molecular formula is C14H20F2N2. The second-order valence-corrected chi connectivity index (χ2v) is 6.11. The van der Waals surface area contributed by atoms with Crippen LogP contribution in [0.4, 0.5) is 20.2 Å². The largest absolute Gasteiger partial charge is 0.383 e. The van der Waals surface area contributed by atoms with Gasteiger partial charge in [-0.3, -0.25) is 0 Å². The molecule has 0 spiro atoms. The van der Waals surface area contributed by atoms with Gasteiger partial charge >= 0.3 is 0 Å². The fourth-order valence-electron chi connectivity index (χ4n) is 2.39. The van der Waals surface area contributed by atoms with Gasteiger partial charge in [-0.1, -0.05) is 20.8 Å². The van der Waals surface area contributed by atoms with Crippen molar-refractivity contribution < 1.29 is 8.78 Å². The van der Waals surface area contributed by atoms with Gasteiger partial charge in [-0.2, -0.15) is 0 Å². The van der Waals surface area contributed by atoms with Crippen molar-refractivity contribution in [3.05, 3.63) is 23.8 Å². The van der Waals surface area contributed by atoms with E-state index in [2.05, 4.69) is 31.4 Å². The molecule has 4 heteroatoms. The van der Waals surface area contributed by atoms with E-state index in [0.717, 1.165) is 25.5 Å². The van der Waals surface area contributed by atoms with Crippen LogP contribution in [0, 0.1) is 17.0 Å². The molecule has 1 aromatic rings. The summed E-state index contributed by atoms with van der Waals surface area (Å²) in [6, 6.07) is 2.91. The molecule has 0 fully saturated rings. The zero-order valence-electron chi connectivity index (χ0n) is 11.1. The minimum atomic E-state index is -0.806. The Balaban J connectivity index is 2.25. The molecule has 1 atom stereocenters. The van der Waals surface area contributed by atoms with Crippen LogP contribution >= 0.6 is 0 Å². The number of rotatable bonds is 1. The normalized spacial score (nSPS) is 19.5. The molecule has 0 aromatic heterocycles.